The zero-order valence-corrected chi connectivity index (χ0v) is 12.6. The van der Waals surface area contributed by atoms with Crippen molar-refractivity contribution in [2.75, 3.05) is 25.0 Å². The SMILES string of the molecule is Cc1cccc(NC(=O)CN2CCCC(C)(C(=O)O)C2)c1. The maximum Gasteiger partial charge on any atom is 0.310 e. The fraction of sp³-hybridized carbons (Fsp3) is 0.500. The van der Waals surface area contributed by atoms with Crippen LogP contribution in [-0.4, -0.2) is 41.5 Å². The summed E-state index contributed by atoms with van der Waals surface area (Å²) in [5.41, 5.74) is 1.12. The molecule has 1 aromatic carbocycles. The number of amides is 1. The van der Waals surface area contributed by atoms with Crippen molar-refractivity contribution in [3.05, 3.63) is 29.8 Å². The van der Waals surface area contributed by atoms with Crippen LogP contribution >= 0.6 is 0 Å². The van der Waals surface area contributed by atoms with E-state index in [1.165, 1.54) is 0 Å². The van der Waals surface area contributed by atoms with E-state index in [0.717, 1.165) is 24.2 Å². The highest BCUT2D eigenvalue weighted by molar-refractivity contribution is 5.92. The van der Waals surface area contributed by atoms with E-state index in [1.807, 2.05) is 36.1 Å². The number of hydrogen-bond acceptors (Lipinski definition) is 3. The van der Waals surface area contributed by atoms with Gasteiger partial charge in [0, 0.05) is 12.2 Å². The largest absolute Gasteiger partial charge is 0.481 e. The molecule has 1 saturated heterocycles. The second kappa shape index (κ2) is 6.26. The van der Waals surface area contributed by atoms with E-state index in [0.29, 0.717) is 13.0 Å². The maximum absolute atomic E-state index is 12.1. The topological polar surface area (TPSA) is 69.6 Å². The zero-order valence-electron chi connectivity index (χ0n) is 12.6. The fourth-order valence-electron chi connectivity index (χ4n) is 2.78. The van der Waals surface area contributed by atoms with E-state index in [9.17, 15) is 14.7 Å². The van der Waals surface area contributed by atoms with Crippen LogP contribution in [0.2, 0.25) is 0 Å². The summed E-state index contributed by atoms with van der Waals surface area (Å²) in [7, 11) is 0. The molecule has 0 saturated carbocycles. The van der Waals surface area contributed by atoms with Gasteiger partial charge in [-0.25, -0.2) is 0 Å². The molecule has 1 aliphatic heterocycles. The van der Waals surface area contributed by atoms with E-state index in [1.54, 1.807) is 6.92 Å². The monoisotopic (exact) mass is 290 g/mol. The van der Waals surface area contributed by atoms with Crippen LogP contribution in [-0.2, 0) is 9.59 Å². The molecule has 21 heavy (non-hydrogen) atoms. The van der Waals surface area contributed by atoms with Gasteiger partial charge in [0.2, 0.25) is 5.91 Å². The molecule has 1 aromatic rings. The van der Waals surface area contributed by atoms with E-state index in [-0.39, 0.29) is 12.5 Å². The molecule has 5 nitrogen and oxygen atoms in total. The molecule has 1 aliphatic rings. The van der Waals surface area contributed by atoms with Gasteiger partial charge in [0.15, 0.2) is 0 Å². The molecule has 0 radical (unpaired) electrons. The second-order valence-corrected chi connectivity index (χ2v) is 6.10. The molecule has 0 spiro atoms. The first-order valence-corrected chi connectivity index (χ1v) is 7.21. The standard InChI is InChI=1S/C16H22N2O3/c1-12-5-3-6-13(9-12)17-14(19)10-18-8-4-7-16(2,11-18)15(20)21/h3,5-6,9H,4,7-8,10-11H2,1-2H3,(H,17,19)(H,20,21). The number of aliphatic carboxylic acids is 1. The molecule has 1 fully saturated rings. The molecule has 1 unspecified atom stereocenters. The third-order valence-electron chi connectivity index (χ3n) is 3.96. The first-order valence-electron chi connectivity index (χ1n) is 7.21. The Bertz CT molecular complexity index is 544. The number of aryl methyl sites for hydroxylation is 1. The minimum atomic E-state index is -0.786. The Hall–Kier alpha value is -1.88. The Labute approximate surface area is 125 Å². The van der Waals surface area contributed by atoms with Gasteiger partial charge in [-0.1, -0.05) is 12.1 Å². The van der Waals surface area contributed by atoms with Crippen molar-refractivity contribution in [1.82, 2.24) is 4.90 Å². The van der Waals surface area contributed by atoms with Crippen LogP contribution in [0, 0.1) is 12.3 Å². The number of carbonyl (C=O) groups excluding carboxylic acids is 1. The molecule has 1 atom stereocenters. The third-order valence-corrected chi connectivity index (χ3v) is 3.96. The lowest BCUT2D eigenvalue weighted by Crippen LogP contribution is -2.48. The average Bonchev–Trinajstić information content (AvgIpc) is 2.38. The van der Waals surface area contributed by atoms with Crippen LogP contribution in [0.4, 0.5) is 5.69 Å². The van der Waals surface area contributed by atoms with E-state index < -0.39 is 11.4 Å². The molecular weight excluding hydrogens is 268 g/mol. The molecule has 114 valence electrons. The molecule has 1 heterocycles. The lowest BCUT2D eigenvalue weighted by molar-refractivity contribution is -0.151. The van der Waals surface area contributed by atoms with Crippen LogP contribution in [0.15, 0.2) is 24.3 Å². The zero-order chi connectivity index (χ0) is 15.5. The fourth-order valence-corrected chi connectivity index (χ4v) is 2.78. The molecule has 1 amide bonds. The molecule has 2 rings (SSSR count). The third kappa shape index (κ3) is 4.04. The molecule has 2 N–H and O–H groups in total. The molecule has 5 heteroatoms. The van der Waals surface area contributed by atoms with Gasteiger partial charge in [-0.05, 0) is 50.9 Å². The number of nitrogens with zero attached hydrogens (tertiary/aromatic N) is 1. The average molecular weight is 290 g/mol. The van der Waals surface area contributed by atoms with Gasteiger partial charge in [0.05, 0.1) is 12.0 Å². The van der Waals surface area contributed by atoms with Gasteiger partial charge in [-0.15, -0.1) is 0 Å². The van der Waals surface area contributed by atoms with Crippen molar-refractivity contribution in [1.29, 1.82) is 0 Å². The number of carboxylic acids is 1. The number of piperidine rings is 1. The number of hydrogen-bond donors (Lipinski definition) is 2. The predicted octanol–water partition coefficient (Wildman–Crippen LogP) is 2.12. The Morgan fingerprint density at radius 1 is 1.43 bits per heavy atom. The van der Waals surface area contributed by atoms with Crippen LogP contribution in [0.1, 0.15) is 25.3 Å². The number of nitrogens with one attached hydrogen (secondary N) is 1. The highest BCUT2D eigenvalue weighted by Gasteiger charge is 2.38. The highest BCUT2D eigenvalue weighted by atomic mass is 16.4. The first-order chi connectivity index (χ1) is 9.89. The van der Waals surface area contributed by atoms with Gasteiger partial charge in [-0.2, -0.15) is 0 Å². The summed E-state index contributed by atoms with van der Waals surface area (Å²) in [5.74, 6) is -0.887. The predicted molar refractivity (Wildman–Crippen MR) is 81.2 cm³/mol. The van der Waals surface area contributed by atoms with Crippen molar-refractivity contribution >= 4 is 17.6 Å². The summed E-state index contributed by atoms with van der Waals surface area (Å²) < 4.78 is 0. The Balaban J connectivity index is 1.92. The van der Waals surface area contributed by atoms with Gasteiger partial charge >= 0.3 is 5.97 Å². The van der Waals surface area contributed by atoms with Gasteiger partial charge < -0.3 is 10.4 Å². The summed E-state index contributed by atoms with van der Waals surface area (Å²) >= 11 is 0. The smallest absolute Gasteiger partial charge is 0.310 e. The molecular formula is C16H22N2O3. The number of likely N-dealkylation sites (tertiary alicyclic amines) is 1. The summed E-state index contributed by atoms with van der Waals surface area (Å²) in [6, 6.07) is 7.63. The van der Waals surface area contributed by atoms with E-state index in [4.69, 9.17) is 0 Å². The van der Waals surface area contributed by atoms with Gasteiger partial charge in [-0.3, -0.25) is 14.5 Å². The number of benzene rings is 1. The van der Waals surface area contributed by atoms with E-state index in [2.05, 4.69) is 5.32 Å². The first kappa shape index (κ1) is 15.5. The second-order valence-electron chi connectivity index (χ2n) is 6.10. The minimum absolute atomic E-state index is 0.102. The minimum Gasteiger partial charge on any atom is -0.481 e. The van der Waals surface area contributed by atoms with Crippen molar-refractivity contribution in [3.8, 4) is 0 Å². The quantitative estimate of drug-likeness (QED) is 0.891. The lowest BCUT2D eigenvalue weighted by Gasteiger charge is -2.37. The summed E-state index contributed by atoms with van der Waals surface area (Å²) in [6.07, 6.45) is 1.47. The van der Waals surface area contributed by atoms with Crippen LogP contribution < -0.4 is 5.32 Å². The van der Waals surface area contributed by atoms with Crippen LogP contribution in [0.5, 0.6) is 0 Å². The van der Waals surface area contributed by atoms with Crippen molar-refractivity contribution in [3.63, 3.8) is 0 Å². The highest BCUT2D eigenvalue weighted by Crippen LogP contribution is 2.29. The van der Waals surface area contributed by atoms with E-state index >= 15 is 0 Å². The van der Waals surface area contributed by atoms with Crippen molar-refractivity contribution in [2.45, 2.75) is 26.7 Å². The molecule has 0 aromatic heterocycles. The summed E-state index contributed by atoms with van der Waals surface area (Å²) in [4.78, 5) is 25.3. The van der Waals surface area contributed by atoms with Crippen LogP contribution in [0.3, 0.4) is 0 Å². The Kier molecular flexibility index (Phi) is 4.63. The maximum atomic E-state index is 12.1. The number of carboxylic acid groups (broad SMARTS) is 1. The lowest BCUT2D eigenvalue weighted by atomic mass is 9.82. The summed E-state index contributed by atoms with van der Waals surface area (Å²) in [6.45, 7) is 5.14. The summed E-state index contributed by atoms with van der Waals surface area (Å²) in [5, 5.41) is 12.1. The van der Waals surface area contributed by atoms with Gasteiger partial charge in [0.1, 0.15) is 0 Å². The Morgan fingerprint density at radius 3 is 2.86 bits per heavy atom. The number of carbonyl (C=O) groups is 2. The number of rotatable bonds is 4. The van der Waals surface area contributed by atoms with Gasteiger partial charge in [0.25, 0.3) is 0 Å². The normalized spacial score (nSPS) is 22.8. The Morgan fingerprint density at radius 2 is 2.19 bits per heavy atom. The van der Waals surface area contributed by atoms with Crippen LogP contribution in [0.25, 0.3) is 0 Å². The molecule has 0 aliphatic carbocycles. The van der Waals surface area contributed by atoms with Crippen molar-refractivity contribution in [2.24, 2.45) is 5.41 Å². The number of anilines is 1. The molecule has 0 bridgehead atoms. The van der Waals surface area contributed by atoms with Crippen molar-refractivity contribution < 1.29 is 14.7 Å².